The second kappa shape index (κ2) is 3.54. The van der Waals surface area contributed by atoms with Crippen molar-refractivity contribution in [3.05, 3.63) is 0 Å². The molecule has 1 aliphatic carbocycles. The Morgan fingerprint density at radius 1 is 1.46 bits per heavy atom. The van der Waals surface area contributed by atoms with Crippen LogP contribution < -0.4 is 5.48 Å². The fourth-order valence-corrected chi connectivity index (χ4v) is 2.44. The minimum atomic E-state index is -0.0781. The summed E-state index contributed by atoms with van der Waals surface area (Å²) in [5, 5.41) is 0. The maximum Gasteiger partial charge on any atom is 0.341 e. The van der Waals surface area contributed by atoms with Gasteiger partial charge in [-0.2, -0.15) is 0 Å². The normalized spacial score (nSPS) is 31.9. The van der Waals surface area contributed by atoms with Gasteiger partial charge in [0.15, 0.2) is 0 Å². The summed E-state index contributed by atoms with van der Waals surface area (Å²) in [4.78, 5) is 17.9. The summed E-state index contributed by atoms with van der Waals surface area (Å²) >= 11 is 0. The Labute approximate surface area is 78.2 Å². The molecular weight excluding hydrogens is 168 g/mol. The third-order valence-electron chi connectivity index (χ3n) is 3.15. The molecule has 0 aromatic rings. The first-order chi connectivity index (χ1) is 6.33. The number of urea groups is 1. The second-order valence-electron chi connectivity index (χ2n) is 3.88. The number of fused-ring (bicyclic) bond motifs is 1. The molecule has 2 rings (SSSR count). The van der Waals surface area contributed by atoms with E-state index in [2.05, 4.69) is 10.3 Å². The van der Waals surface area contributed by atoms with Gasteiger partial charge in [-0.25, -0.2) is 10.3 Å². The first-order valence-corrected chi connectivity index (χ1v) is 4.92. The summed E-state index contributed by atoms with van der Waals surface area (Å²) < 4.78 is 0. The number of likely N-dealkylation sites (tertiary alicyclic amines) is 1. The van der Waals surface area contributed by atoms with E-state index in [9.17, 15) is 4.79 Å². The third kappa shape index (κ3) is 1.50. The topological polar surface area (TPSA) is 41.6 Å². The molecule has 0 aromatic heterocycles. The summed E-state index contributed by atoms with van der Waals surface area (Å²) in [6, 6.07) is 0.412. The van der Waals surface area contributed by atoms with Crippen molar-refractivity contribution in [2.45, 2.75) is 31.7 Å². The molecule has 74 valence electrons. The highest BCUT2D eigenvalue weighted by Crippen LogP contribution is 2.36. The predicted octanol–water partition coefficient (Wildman–Crippen LogP) is 1.13. The molecule has 4 heteroatoms. The van der Waals surface area contributed by atoms with Crippen LogP contribution in [0.1, 0.15) is 25.7 Å². The Hall–Kier alpha value is -0.770. The van der Waals surface area contributed by atoms with Crippen molar-refractivity contribution >= 4 is 6.03 Å². The molecule has 1 aliphatic heterocycles. The van der Waals surface area contributed by atoms with Crippen LogP contribution in [0.2, 0.25) is 0 Å². The highest BCUT2D eigenvalue weighted by molar-refractivity contribution is 5.74. The molecule has 1 saturated heterocycles. The lowest BCUT2D eigenvalue weighted by Gasteiger charge is -2.50. The number of hydrogen-bond donors (Lipinski definition) is 1. The highest BCUT2D eigenvalue weighted by atomic mass is 16.6. The van der Waals surface area contributed by atoms with Gasteiger partial charge in [-0.1, -0.05) is 12.8 Å². The van der Waals surface area contributed by atoms with Crippen molar-refractivity contribution < 1.29 is 9.63 Å². The maximum absolute atomic E-state index is 11.4. The van der Waals surface area contributed by atoms with Gasteiger partial charge in [-0.05, 0) is 18.8 Å². The molecule has 2 amide bonds. The van der Waals surface area contributed by atoms with E-state index in [0.717, 1.165) is 12.5 Å². The van der Waals surface area contributed by atoms with Crippen molar-refractivity contribution in [1.29, 1.82) is 0 Å². The van der Waals surface area contributed by atoms with Gasteiger partial charge in [0.2, 0.25) is 0 Å². The van der Waals surface area contributed by atoms with E-state index in [1.54, 1.807) is 0 Å². The Kier molecular flexibility index (Phi) is 2.40. The Morgan fingerprint density at radius 3 is 2.92 bits per heavy atom. The predicted molar refractivity (Wildman–Crippen MR) is 48.0 cm³/mol. The molecular formula is C9H16N2O2. The quantitative estimate of drug-likeness (QED) is 0.621. The average Bonchev–Trinajstić information content (AvgIpc) is 2.07. The van der Waals surface area contributed by atoms with Crippen LogP contribution in [0, 0.1) is 5.92 Å². The number of rotatable bonds is 1. The molecule has 13 heavy (non-hydrogen) atoms. The van der Waals surface area contributed by atoms with Crippen molar-refractivity contribution in [2.24, 2.45) is 5.92 Å². The fraction of sp³-hybridized carbons (Fsp3) is 0.889. The van der Waals surface area contributed by atoms with Gasteiger partial charge >= 0.3 is 6.03 Å². The van der Waals surface area contributed by atoms with E-state index in [4.69, 9.17) is 0 Å². The fourth-order valence-electron chi connectivity index (χ4n) is 2.44. The molecule has 2 unspecified atom stereocenters. The van der Waals surface area contributed by atoms with Crippen LogP contribution >= 0.6 is 0 Å². The van der Waals surface area contributed by atoms with Crippen molar-refractivity contribution in [3.63, 3.8) is 0 Å². The smallest absolute Gasteiger partial charge is 0.319 e. The molecule has 1 heterocycles. The molecule has 0 spiro atoms. The molecule has 2 atom stereocenters. The lowest BCUT2D eigenvalue weighted by molar-refractivity contribution is -0.00292. The first kappa shape index (κ1) is 8.81. The zero-order valence-corrected chi connectivity index (χ0v) is 7.95. The van der Waals surface area contributed by atoms with Gasteiger partial charge in [-0.3, -0.25) is 4.84 Å². The summed E-state index contributed by atoms with van der Waals surface area (Å²) in [7, 11) is 1.47. The van der Waals surface area contributed by atoms with Gasteiger partial charge in [0.05, 0.1) is 7.11 Å². The van der Waals surface area contributed by atoms with Crippen LogP contribution in [0.3, 0.4) is 0 Å². The van der Waals surface area contributed by atoms with E-state index in [1.165, 1.54) is 32.8 Å². The van der Waals surface area contributed by atoms with Crippen molar-refractivity contribution in [1.82, 2.24) is 10.4 Å². The molecule has 4 nitrogen and oxygen atoms in total. The monoisotopic (exact) mass is 184 g/mol. The lowest BCUT2D eigenvalue weighted by Crippen LogP contribution is -2.61. The number of hydrogen-bond acceptors (Lipinski definition) is 2. The van der Waals surface area contributed by atoms with Gasteiger partial charge in [0.1, 0.15) is 0 Å². The van der Waals surface area contributed by atoms with Crippen LogP contribution in [0.4, 0.5) is 4.79 Å². The van der Waals surface area contributed by atoms with Crippen LogP contribution in [0.25, 0.3) is 0 Å². The summed E-state index contributed by atoms with van der Waals surface area (Å²) in [6.45, 7) is 0.917. The first-order valence-electron chi connectivity index (χ1n) is 4.92. The van der Waals surface area contributed by atoms with E-state index < -0.39 is 0 Å². The summed E-state index contributed by atoms with van der Waals surface area (Å²) in [6.07, 6.45) is 5.06. The van der Waals surface area contributed by atoms with Crippen LogP contribution in [0.15, 0.2) is 0 Å². The molecule has 1 N–H and O–H groups in total. The van der Waals surface area contributed by atoms with Crippen LogP contribution in [0.5, 0.6) is 0 Å². The van der Waals surface area contributed by atoms with E-state index >= 15 is 0 Å². The second-order valence-corrected chi connectivity index (χ2v) is 3.88. The zero-order chi connectivity index (χ0) is 9.26. The molecule has 1 saturated carbocycles. The van der Waals surface area contributed by atoms with Crippen LogP contribution in [-0.4, -0.2) is 30.6 Å². The number of carbonyl (C=O) groups is 1. The van der Waals surface area contributed by atoms with Gasteiger partial charge in [0, 0.05) is 12.6 Å². The standard InChI is InChI=1S/C9H16N2O2/c1-13-10-9(12)11-6-7-4-2-3-5-8(7)11/h7-8H,2-6H2,1H3,(H,10,12). The van der Waals surface area contributed by atoms with E-state index in [1.807, 2.05) is 4.90 Å². The van der Waals surface area contributed by atoms with Gasteiger partial charge in [0.25, 0.3) is 0 Å². The van der Waals surface area contributed by atoms with Gasteiger partial charge in [-0.15, -0.1) is 0 Å². The third-order valence-corrected chi connectivity index (χ3v) is 3.15. The Morgan fingerprint density at radius 2 is 2.23 bits per heavy atom. The minimum absolute atomic E-state index is 0.0781. The largest absolute Gasteiger partial charge is 0.341 e. The van der Waals surface area contributed by atoms with E-state index in [0.29, 0.717) is 6.04 Å². The van der Waals surface area contributed by atoms with Crippen molar-refractivity contribution in [2.75, 3.05) is 13.7 Å². The molecule has 0 bridgehead atoms. The molecule has 0 radical (unpaired) electrons. The number of carbonyl (C=O) groups excluding carboxylic acids is 1. The number of amides is 2. The number of nitrogens with one attached hydrogen (secondary N) is 1. The van der Waals surface area contributed by atoms with Crippen LogP contribution in [-0.2, 0) is 4.84 Å². The molecule has 0 aromatic carbocycles. The number of hydroxylamine groups is 1. The number of nitrogens with zero attached hydrogens (tertiary/aromatic N) is 1. The van der Waals surface area contributed by atoms with E-state index in [-0.39, 0.29) is 6.03 Å². The minimum Gasteiger partial charge on any atom is -0.319 e. The van der Waals surface area contributed by atoms with Crippen molar-refractivity contribution in [3.8, 4) is 0 Å². The maximum atomic E-state index is 11.4. The Bertz CT molecular complexity index is 208. The molecule has 2 aliphatic rings. The highest BCUT2D eigenvalue weighted by Gasteiger charge is 2.42. The zero-order valence-electron chi connectivity index (χ0n) is 7.95. The Balaban J connectivity index is 1.86. The molecule has 2 fully saturated rings. The summed E-state index contributed by atoms with van der Waals surface area (Å²) in [5.41, 5.74) is 2.37. The SMILES string of the molecule is CONC(=O)N1CC2CCCCC21. The summed E-state index contributed by atoms with van der Waals surface area (Å²) in [5.74, 6) is 0.761. The average molecular weight is 184 g/mol. The lowest BCUT2D eigenvalue weighted by atomic mass is 9.77. The van der Waals surface area contributed by atoms with Gasteiger partial charge < -0.3 is 4.90 Å².